The molecule has 3 aromatic heterocycles. The molecule has 3 aromatic carbocycles. The summed E-state index contributed by atoms with van der Waals surface area (Å²) < 4.78 is 2.61. The number of anilines is 2. The third-order valence-corrected chi connectivity index (χ3v) is 26.2. The number of rotatable bonds is 42. The minimum Gasteiger partial charge on any atom is -0.340 e. The van der Waals surface area contributed by atoms with Crippen LogP contribution in [0.2, 0.25) is 0 Å². The Balaban J connectivity index is 1.14. The molecule has 4 atom stereocenters. The minimum atomic E-state index is -0.487. The fourth-order valence-electron chi connectivity index (χ4n) is 17.1. The smallest absolute Gasteiger partial charge is 0.260 e. The summed E-state index contributed by atoms with van der Waals surface area (Å²) in [6.45, 7) is 20.4. The molecule has 4 unspecified atom stereocenters. The lowest BCUT2D eigenvalue weighted by Gasteiger charge is -2.27. The first-order valence-electron chi connectivity index (χ1n) is 42.1. The summed E-state index contributed by atoms with van der Waals surface area (Å²) in [7, 11) is 0. The van der Waals surface area contributed by atoms with E-state index in [1.807, 2.05) is 0 Å². The van der Waals surface area contributed by atoms with Crippen LogP contribution in [0, 0.1) is 17.8 Å². The third-order valence-electron chi connectivity index (χ3n) is 23.6. The summed E-state index contributed by atoms with van der Waals surface area (Å²) >= 11 is 3.50. The fraction of sp³-hybridized carbons (Fsp3) is 0.670. The monoisotopic (exact) mass is 1400 g/mol. The highest BCUT2D eigenvalue weighted by Crippen LogP contribution is 2.42. The van der Waals surface area contributed by atoms with Crippen molar-refractivity contribution in [3.8, 4) is 10.4 Å². The average Bonchev–Trinajstić information content (AvgIpc) is 1.57. The zero-order valence-electron chi connectivity index (χ0n) is 64.7. The van der Waals surface area contributed by atoms with Crippen LogP contribution in [0.25, 0.3) is 43.4 Å². The van der Waals surface area contributed by atoms with Gasteiger partial charge < -0.3 is 25.8 Å². The van der Waals surface area contributed by atoms with Crippen LogP contribution in [0.3, 0.4) is 0 Å². The van der Waals surface area contributed by atoms with E-state index in [0.29, 0.717) is 30.8 Å². The molecule has 3 aliphatic rings. The molecule has 2 amide bonds. The van der Waals surface area contributed by atoms with Crippen molar-refractivity contribution in [2.45, 2.75) is 362 Å². The van der Waals surface area contributed by atoms with Crippen molar-refractivity contribution < 1.29 is 9.59 Å². The van der Waals surface area contributed by atoms with Gasteiger partial charge in [-0.15, -0.1) is 22.7 Å². The summed E-state index contributed by atoms with van der Waals surface area (Å²) in [5.41, 5.74) is 21.7. The van der Waals surface area contributed by atoms with Crippen molar-refractivity contribution in [1.29, 1.82) is 0 Å². The topological polar surface area (TPSA) is 97.6 Å². The van der Waals surface area contributed by atoms with Gasteiger partial charge in [0.1, 0.15) is 0 Å². The number of aromatic nitrogens is 1. The Bertz CT molecular complexity index is 3570. The molecule has 0 saturated heterocycles. The molecule has 0 aliphatic carbocycles. The molecule has 0 radical (unpaired) electrons. The summed E-state index contributed by atoms with van der Waals surface area (Å²) in [4.78, 5) is 41.2. The predicted molar refractivity (Wildman–Crippen MR) is 438 cm³/mol. The summed E-state index contributed by atoms with van der Waals surface area (Å²) in [5.74, 6) is 1.59. The van der Waals surface area contributed by atoms with Gasteiger partial charge in [-0.05, 0) is 137 Å². The Morgan fingerprint density at radius 1 is 0.490 bits per heavy atom. The van der Waals surface area contributed by atoms with Crippen LogP contribution in [0.4, 0.5) is 11.4 Å². The van der Waals surface area contributed by atoms with Gasteiger partial charge in [-0.2, -0.15) is 0 Å². The zero-order chi connectivity index (χ0) is 70.7. The number of hydrogen-bond donors (Lipinski definition) is 2. The van der Waals surface area contributed by atoms with E-state index >= 15 is 9.59 Å². The molecule has 0 saturated carbocycles. The van der Waals surface area contributed by atoms with Gasteiger partial charge in [-0.25, -0.2) is 0 Å². The molecule has 9 heteroatoms. The quantitative estimate of drug-likeness (QED) is 0.0373. The van der Waals surface area contributed by atoms with Gasteiger partial charge in [-0.1, -0.05) is 309 Å². The first-order valence-corrected chi connectivity index (χ1v) is 43.7. The van der Waals surface area contributed by atoms with E-state index in [1.54, 1.807) is 22.7 Å². The molecule has 6 heterocycles. The second-order valence-corrected chi connectivity index (χ2v) is 34.9. The van der Waals surface area contributed by atoms with Gasteiger partial charge in [0.15, 0.2) is 0 Å². The van der Waals surface area contributed by atoms with Gasteiger partial charge in [-0.3, -0.25) is 9.59 Å². The number of amides is 2. The third kappa shape index (κ3) is 22.3. The molecule has 552 valence electrons. The predicted octanol–water partition coefficient (Wildman–Crippen LogP) is 25.6. The molecule has 4 bridgehead atoms. The second-order valence-electron chi connectivity index (χ2n) is 32.7. The maximum absolute atomic E-state index is 16.3. The molecular formula is C91H139N5O2S2. The average molecular weight is 1400 g/mol. The number of thiophene rings is 2. The molecule has 3 aliphatic heterocycles. The highest BCUT2D eigenvalue weighted by atomic mass is 32.1. The Morgan fingerprint density at radius 3 is 1.56 bits per heavy atom. The lowest BCUT2D eigenvalue weighted by atomic mass is 9.92. The van der Waals surface area contributed by atoms with Gasteiger partial charge in [0, 0.05) is 82.5 Å². The van der Waals surface area contributed by atoms with Gasteiger partial charge >= 0.3 is 0 Å². The first kappa shape index (κ1) is 79.6. The van der Waals surface area contributed by atoms with Crippen molar-refractivity contribution in [2.75, 3.05) is 22.9 Å². The molecule has 4 N–H and O–H groups in total. The van der Waals surface area contributed by atoms with E-state index in [9.17, 15) is 0 Å². The van der Waals surface area contributed by atoms with Crippen molar-refractivity contribution in [1.82, 2.24) is 4.57 Å². The SMILES string of the molecule is CCCCCCCCCCCCC1CCCCCCCCCCC(C)(N)c2ccc(s2)C2=c3cc4c(cc3N(CC(CCCCCCCCCC)CCCCCCCCCCCC)C2=O)=C(c2ccc(-c3ccc5c6ccc(C(C)(C)N)cc6n(CC(CC)CCCC)c5c3)s2)C(=O)N4C1. The number of carbonyl (C=O) groups is 2. The number of carbonyl (C=O) groups excluding carboxylic acids is 2. The van der Waals surface area contributed by atoms with E-state index in [1.165, 1.54) is 276 Å². The van der Waals surface area contributed by atoms with Gasteiger partial charge in [0.2, 0.25) is 0 Å². The number of fused-ring (bicyclic) bond motifs is 6. The van der Waals surface area contributed by atoms with Gasteiger partial charge in [0.25, 0.3) is 11.8 Å². The van der Waals surface area contributed by atoms with E-state index in [-0.39, 0.29) is 11.8 Å². The molecule has 0 spiro atoms. The van der Waals surface area contributed by atoms with Crippen LogP contribution in [-0.4, -0.2) is 29.5 Å². The number of nitrogens with two attached hydrogens (primary N) is 2. The molecule has 6 aromatic rings. The normalized spacial score (nSPS) is 18.0. The number of nitrogens with zero attached hydrogens (tertiary/aromatic N) is 3. The molecule has 100 heavy (non-hydrogen) atoms. The van der Waals surface area contributed by atoms with Crippen LogP contribution in [0.1, 0.15) is 365 Å². The number of unbranched alkanes of at least 4 members (excludes halogenated alkanes) is 26. The van der Waals surface area contributed by atoms with Crippen molar-refractivity contribution in [3.63, 3.8) is 0 Å². The van der Waals surface area contributed by atoms with Crippen molar-refractivity contribution in [3.05, 3.63) is 103 Å². The van der Waals surface area contributed by atoms with Crippen molar-refractivity contribution >= 4 is 78.8 Å². The van der Waals surface area contributed by atoms with Crippen LogP contribution in [0.15, 0.2) is 72.8 Å². The fourth-order valence-corrected chi connectivity index (χ4v) is 19.3. The van der Waals surface area contributed by atoms with E-state index < -0.39 is 11.1 Å². The summed E-state index contributed by atoms with van der Waals surface area (Å²) in [6, 6.07) is 27.7. The number of hydrogen-bond acceptors (Lipinski definition) is 6. The zero-order valence-corrected chi connectivity index (χ0v) is 66.4. The summed E-state index contributed by atoms with van der Waals surface area (Å²) in [6.07, 6.45) is 57.0. The Hall–Kier alpha value is -4.54. The first-order chi connectivity index (χ1) is 48.7. The number of benzene rings is 3. The molecule has 9 rings (SSSR count). The van der Waals surface area contributed by atoms with Crippen LogP contribution < -0.4 is 31.7 Å². The van der Waals surface area contributed by atoms with Crippen LogP contribution >= 0.6 is 22.7 Å². The standard InChI is InChI=1S/C91H139N5O2S2/c1-9-14-18-21-24-27-29-34-39-44-50-70-51-46-41-36-31-32-37-42-47-61-91(8,93)85-60-59-84(100-85)87-77-65-80-76(64-81(77)96(89(87)98)68-71(49-43-38-33-26-23-20-16-11-3)52-45-40-35-30-28-25-22-19-15-10-2)86(88(97)95(80)67-70)83-58-57-82(99-83)72-53-55-74-75-56-54-73(90(6,7)92)63-79(75)94(78(74)62-72)66-69(13-5)48-17-12-4/h53-60,62-65,69-71H,9-52,61,66-68,92-93H2,1-8H3. The maximum Gasteiger partial charge on any atom is 0.260 e. The minimum absolute atomic E-state index is 0.121. The van der Waals surface area contributed by atoms with Crippen LogP contribution in [-0.2, 0) is 27.2 Å². The summed E-state index contributed by atoms with van der Waals surface area (Å²) in [5, 5.41) is 4.54. The highest BCUT2D eigenvalue weighted by molar-refractivity contribution is 7.17. The van der Waals surface area contributed by atoms with Crippen molar-refractivity contribution in [2.24, 2.45) is 29.2 Å². The molecule has 0 fully saturated rings. The van der Waals surface area contributed by atoms with E-state index in [0.717, 1.165) is 105 Å². The largest absolute Gasteiger partial charge is 0.340 e. The highest BCUT2D eigenvalue weighted by Gasteiger charge is 2.39. The van der Waals surface area contributed by atoms with Gasteiger partial charge in [0.05, 0.1) is 22.5 Å². The second kappa shape index (κ2) is 41.2. The Morgan fingerprint density at radius 2 is 0.970 bits per heavy atom. The molecule has 7 nitrogen and oxygen atoms in total. The van der Waals surface area contributed by atoms with E-state index in [4.69, 9.17) is 11.5 Å². The van der Waals surface area contributed by atoms with E-state index in [2.05, 4.69) is 143 Å². The van der Waals surface area contributed by atoms with Crippen LogP contribution in [0.5, 0.6) is 0 Å². The maximum atomic E-state index is 16.3. The Kier molecular flexibility index (Phi) is 32.8. The lowest BCUT2D eigenvalue weighted by Crippen LogP contribution is -2.35. The molecular weight excluding hydrogens is 1260 g/mol. The lowest BCUT2D eigenvalue weighted by molar-refractivity contribution is -0.114. The Labute approximate surface area is 617 Å².